The van der Waals surface area contributed by atoms with E-state index < -0.39 is 0 Å². The van der Waals surface area contributed by atoms with E-state index in [0.717, 1.165) is 23.7 Å². The van der Waals surface area contributed by atoms with Crippen molar-refractivity contribution < 1.29 is 9.53 Å². The van der Waals surface area contributed by atoms with E-state index in [1.165, 1.54) is 0 Å². The van der Waals surface area contributed by atoms with Gasteiger partial charge in [0.1, 0.15) is 0 Å². The number of nitrogens with zero attached hydrogens (tertiary/aromatic N) is 1. The highest BCUT2D eigenvalue weighted by atomic mass is 79.9. The summed E-state index contributed by atoms with van der Waals surface area (Å²) in [7, 11) is 1.67. The minimum Gasteiger partial charge on any atom is -0.379 e. The lowest BCUT2D eigenvalue weighted by atomic mass is 10.1. The smallest absolute Gasteiger partial charge is 0.255 e. The Labute approximate surface area is 120 Å². The van der Waals surface area contributed by atoms with Crippen molar-refractivity contribution >= 4 is 27.7 Å². The van der Waals surface area contributed by atoms with E-state index in [1.54, 1.807) is 19.4 Å². The molecule has 1 heterocycles. The van der Waals surface area contributed by atoms with Crippen LogP contribution in [0.5, 0.6) is 0 Å². The molecule has 4 N–H and O–H groups in total. The van der Waals surface area contributed by atoms with E-state index in [4.69, 9.17) is 10.6 Å². The normalized spacial score (nSPS) is 22.3. The number of hydrogen-bond donors (Lipinski definition) is 3. The van der Waals surface area contributed by atoms with Crippen LogP contribution in [0.2, 0.25) is 0 Å². The van der Waals surface area contributed by atoms with Crippen LogP contribution in [0, 0.1) is 0 Å². The molecule has 0 saturated heterocycles. The Kier molecular flexibility index (Phi) is 4.73. The Morgan fingerprint density at radius 3 is 3.05 bits per heavy atom. The minimum atomic E-state index is -0.198. The van der Waals surface area contributed by atoms with E-state index in [1.807, 2.05) is 0 Å². The van der Waals surface area contributed by atoms with Gasteiger partial charge in [0.05, 0.1) is 17.7 Å². The number of anilines is 1. The molecule has 0 bridgehead atoms. The predicted octanol–water partition coefficient (Wildman–Crippen LogP) is 1.43. The zero-order valence-electron chi connectivity index (χ0n) is 10.6. The summed E-state index contributed by atoms with van der Waals surface area (Å²) in [6, 6.07) is 1.73. The Balaban J connectivity index is 2.13. The summed E-state index contributed by atoms with van der Waals surface area (Å²) in [5.74, 6) is 5.52. The second-order valence-corrected chi connectivity index (χ2v) is 5.39. The number of nitrogens with two attached hydrogens (primary N) is 1. The van der Waals surface area contributed by atoms with Crippen LogP contribution in [0.15, 0.2) is 16.7 Å². The van der Waals surface area contributed by atoms with Crippen molar-refractivity contribution in [2.75, 3.05) is 12.5 Å². The van der Waals surface area contributed by atoms with Crippen molar-refractivity contribution in [3.8, 4) is 0 Å². The molecule has 0 spiro atoms. The molecule has 1 aliphatic rings. The molecule has 2 unspecified atom stereocenters. The number of nitrogens with one attached hydrogen (secondary N) is 2. The first kappa shape index (κ1) is 14.2. The Morgan fingerprint density at radius 1 is 1.58 bits per heavy atom. The average Bonchev–Trinajstić information content (AvgIpc) is 2.85. The van der Waals surface area contributed by atoms with Gasteiger partial charge in [0.15, 0.2) is 5.82 Å². The third-order valence-corrected chi connectivity index (χ3v) is 3.74. The molecule has 7 heteroatoms. The number of hydrazine groups is 1. The highest BCUT2D eigenvalue weighted by Gasteiger charge is 2.29. The number of carbonyl (C=O) groups is 1. The Morgan fingerprint density at radius 2 is 2.37 bits per heavy atom. The minimum absolute atomic E-state index is 0.0436. The predicted molar refractivity (Wildman–Crippen MR) is 75.6 cm³/mol. The molecule has 1 fully saturated rings. The van der Waals surface area contributed by atoms with Crippen molar-refractivity contribution in [3.63, 3.8) is 0 Å². The zero-order valence-corrected chi connectivity index (χ0v) is 12.2. The number of amides is 1. The largest absolute Gasteiger partial charge is 0.379 e. The number of ether oxygens (including phenoxy) is 1. The standard InChI is InChI=1S/C12H17BrN4O2/c1-19-10-4-2-3-9(10)16-12(18)8-5-7(13)6-15-11(8)17-14/h5-6,9-10H,2-4,14H2,1H3,(H,15,17)(H,16,18). The van der Waals surface area contributed by atoms with E-state index in [2.05, 4.69) is 31.7 Å². The van der Waals surface area contributed by atoms with Gasteiger partial charge in [-0.25, -0.2) is 10.8 Å². The first-order chi connectivity index (χ1) is 9.15. The van der Waals surface area contributed by atoms with Crippen LogP contribution in [0.3, 0.4) is 0 Å². The monoisotopic (exact) mass is 328 g/mol. The van der Waals surface area contributed by atoms with Gasteiger partial charge in [-0.05, 0) is 41.3 Å². The number of halogens is 1. The molecular formula is C12H17BrN4O2. The van der Waals surface area contributed by atoms with Gasteiger partial charge < -0.3 is 15.5 Å². The maximum absolute atomic E-state index is 12.3. The number of pyridine rings is 1. The van der Waals surface area contributed by atoms with Crippen LogP contribution < -0.4 is 16.6 Å². The highest BCUT2D eigenvalue weighted by molar-refractivity contribution is 9.10. The van der Waals surface area contributed by atoms with Gasteiger partial charge in [-0.15, -0.1) is 0 Å². The van der Waals surface area contributed by atoms with Crippen LogP contribution in [-0.2, 0) is 4.74 Å². The zero-order chi connectivity index (χ0) is 13.8. The number of aromatic nitrogens is 1. The van der Waals surface area contributed by atoms with Gasteiger partial charge in [-0.3, -0.25) is 4.79 Å². The molecule has 0 aliphatic heterocycles. The molecule has 0 radical (unpaired) electrons. The molecule has 1 aromatic heterocycles. The summed E-state index contributed by atoms with van der Waals surface area (Å²) in [5.41, 5.74) is 2.85. The number of carbonyl (C=O) groups excluding carboxylic acids is 1. The summed E-state index contributed by atoms with van der Waals surface area (Å²) < 4.78 is 6.09. The Bertz CT molecular complexity index is 469. The topological polar surface area (TPSA) is 89.3 Å². The van der Waals surface area contributed by atoms with Crippen LogP contribution >= 0.6 is 15.9 Å². The third-order valence-electron chi connectivity index (χ3n) is 3.31. The number of nitrogen functional groups attached to an aromatic ring is 1. The van der Waals surface area contributed by atoms with Gasteiger partial charge in [0, 0.05) is 17.8 Å². The first-order valence-electron chi connectivity index (χ1n) is 6.11. The maximum atomic E-state index is 12.3. The summed E-state index contributed by atoms with van der Waals surface area (Å²) in [5, 5.41) is 2.98. The first-order valence-corrected chi connectivity index (χ1v) is 6.91. The quantitative estimate of drug-likeness (QED) is 0.574. The van der Waals surface area contributed by atoms with Gasteiger partial charge in [-0.2, -0.15) is 0 Å². The lowest BCUT2D eigenvalue weighted by molar-refractivity contribution is 0.0722. The number of hydrogen-bond acceptors (Lipinski definition) is 5. The molecule has 0 aromatic carbocycles. The molecule has 6 nitrogen and oxygen atoms in total. The number of rotatable bonds is 4. The second-order valence-electron chi connectivity index (χ2n) is 4.48. The highest BCUT2D eigenvalue weighted by Crippen LogP contribution is 2.23. The molecule has 1 saturated carbocycles. The van der Waals surface area contributed by atoms with Crippen LogP contribution in [0.1, 0.15) is 29.6 Å². The van der Waals surface area contributed by atoms with Crippen molar-refractivity contribution in [1.29, 1.82) is 0 Å². The molecule has 104 valence electrons. The molecule has 1 amide bonds. The van der Waals surface area contributed by atoms with Crippen molar-refractivity contribution in [3.05, 3.63) is 22.3 Å². The van der Waals surface area contributed by atoms with Gasteiger partial charge >= 0.3 is 0 Å². The molecule has 1 aliphatic carbocycles. The lowest BCUT2D eigenvalue weighted by Gasteiger charge is -2.20. The molecule has 1 aromatic rings. The van der Waals surface area contributed by atoms with Gasteiger partial charge in [-0.1, -0.05) is 0 Å². The summed E-state index contributed by atoms with van der Waals surface area (Å²) in [4.78, 5) is 16.3. The fourth-order valence-corrected chi connectivity index (χ4v) is 2.68. The van der Waals surface area contributed by atoms with E-state index >= 15 is 0 Å². The van der Waals surface area contributed by atoms with E-state index in [9.17, 15) is 4.79 Å². The van der Waals surface area contributed by atoms with Gasteiger partial charge in [0.2, 0.25) is 0 Å². The van der Waals surface area contributed by atoms with Crippen molar-refractivity contribution in [1.82, 2.24) is 10.3 Å². The fraction of sp³-hybridized carbons (Fsp3) is 0.500. The van der Waals surface area contributed by atoms with Crippen molar-refractivity contribution in [2.45, 2.75) is 31.4 Å². The Hall–Kier alpha value is -1.18. The fourth-order valence-electron chi connectivity index (χ4n) is 2.35. The number of methoxy groups -OCH3 is 1. The van der Waals surface area contributed by atoms with Crippen LogP contribution in [0.25, 0.3) is 0 Å². The second kappa shape index (κ2) is 6.31. The molecule has 2 atom stereocenters. The third kappa shape index (κ3) is 3.23. The SMILES string of the molecule is COC1CCCC1NC(=O)c1cc(Br)cnc1NN. The maximum Gasteiger partial charge on any atom is 0.255 e. The summed E-state index contributed by atoms with van der Waals surface area (Å²) >= 11 is 3.30. The lowest BCUT2D eigenvalue weighted by Crippen LogP contribution is -2.41. The van der Waals surface area contributed by atoms with Gasteiger partial charge in [0.25, 0.3) is 5.91 Å². The average molecular weight is 329 g/mol. The van der Waals surface area contributed by atoms with Crippen molar-refractivity contribution in [2.24, 2.45) is 5.84 Å². The van der Waals surface area contributed by atoms with Crippen LogP contribution in [0.4, 0.5) is 5.82 Å². The molecule has 2 rings (SSSR count). The summed E-state index contributed by atoms with van der Waals surface area (Å²) in [6.07, 6.45) is 4.62. The summed E-state index contributed by atoms with van der Waals surface area (Å²) in [6.45, 7) is 0. The van der Waals surface area contributed by atoms with E-state index in [-0.39, 0.29) is 18.1 Å². The van der Waals surface area contributed by atoms with Crippen LogP contribution in [-0.4, -0.2) is 30.1 Å². The van der Waals surface area contributed by atoms with E-state index in [0.29, 0.717) is 11.4 Å². The molecular weight excluding hydrogens is 312 g/mol. The molecule has 19 heavy (non-hydrogen) atoms.